The van der Waals surface area contributed by atoms with Crippen molar-refractivity contribution < 1.29 is 13.5 Å². The number of hydrogen-bond donors (Lipinski definition) is 2. The molecule has 1 saturated carbocycles. The molecule has 1 heterocycles. The molecule has 1 aliphatic rings. The highest BCUT2D eigenvalue weighted by atomic mass is 32.2. The largest absolute Gasteiger partial charge is 0.395 e. The second-order valence-electron chi connectivity index (χ2n) is 5.20. The number of aromatic nitrogens is 1. The Hall–Kier alpha value is -1.42. The van der Waals surface area contributed by atoms with Gasteiger partial charge in [-0.1, -0.05) is 25.2 Å². The zero-order chi connectivity index (χ0) is 15.3. The van der Waals surface area contributed by atoms with Crippen LogP contribution in [0.2, 0.25) is 0 Å². The lowest BCUT2D eigenvalue weighted by atomic mass is 10.2. The van der Waals surface area contributed by atoms with E-state index in [4.69, 9.17) is 5.11 Å². The third-order valence-electron chi connectivity index (χ3n) is 3.38. The Bertz CT molecular complexity index is 646. The van der Waals surface area contributed by atoms with Crippen molar-refractivity contribution in [2.75, 3.05) is 6.61 Å². The van der Waals surface area contributed by atoms with Gasteiger partial charge in [0, 0.05) is 30.4 Å². The number of rotatable bonds is 6. The summed E-state index contributed by atoms with van der Waals surface area (Å²) in [6, 6.07) is 1.57. The lowest BCUT2D eigenvalue weighted by Gasteiger charge is -2.06. The predicted molar refractivity (Wildman–Crippen MR) is 79.9 cm³/mol. The second-order valence-corrected chi connectivity index (χ2v) is 6.91. The standard InChI is InChI=1S/C15H20N2O3S/c1-2-5-13-9-15(13)17-21(19,20)14-8-12(10-16-11-14)6-3-4-7-18/h8,10-11,13,15,17-18H,2,4-5,7,9H2,1H3. The summed E-state index contributed by atoms with van der Waals surface area (Å²) in [6.07, 6.45) is 6.24. The molecule has 2 unspecified atom stereocenters. The van der Waals surface area contributed by atoms with Crippen LogP contribution in [-0.4, -0.2) is 31.2 Å². The Morgan fingerprint density at radius 2 is 2.29 bits per heavy atom. The highest BCUT2D eigenvalue weighted by Crippen LogP contribution is 2.35. The molecule has 0 radical (unpaired) electrons. The molecule has 0 aliphatic heterocycles. The molecule has 2 rings (SSSR count). The summed E-state index contributed by atoms with van der Waals surface area (Å²) in [6.45, 7) is 2.09. The van der Waals surface area contributed by atoms with Gasteiger partial charge in [-0.3, -0.25) is 4.98 Å². The van der Waals surface area contributed by atoms with Crippen molar-refractivity contribution in [3.63, 3.8) is 0 Å². The topological polar surface area (TPSA) is 79.3 Å². The maximum Gasteiger partial charge on any atom is 0.242 e. The SMILES string of the molecule is CCCC1CC1NS(=O)(=O)c1cncc(C#CCCO)c1. The van der Waals surface area contributed by atoms with Gasteiger partial charge in [0.25, 0.3) is 0 Å². The molecule has 2 N–H and O–H groups in total. The van der Waals surface area contributed by atoms with Crippen molar-refractivity contribution in [2.45, 2.75) is 43.5 Å². The number of nitrogens with zero attached hydrogens (tertiary/aromatic N) is 1. The summed E-state index contributed by atoms with van der Waals surface area (Å²) in [5.74, 6) is 6.01. The van der Waals surface area contributed by atoms with Crippen LogP contribution in [0.25, 0.3) is 0 Å². The van der Waals surface area contributed by atoms with E-state index in [-0.39, 0.29) is 17.5 Å². The summed E-state index contributed by atoms with van der Waals surface area (Å²) >= 11 is 0. The molecule has 2 atom stereocenters. The van der Waals surface area contributed by atoms with Gasteiger partial charge in [-0.25, -0.2) is 13.1 Å². The van der Waals surface area contributed by atoms with Gasteiger partial charge in [-0.2, -0.15) is 0 Å². The first-order valence-electron chi connectivity index (χ1n) is 7.14. The van der Waals surface area contributed by atoms with Gasteiger partial charge in [-0.05, 0) is 24.8 Å². The minimum absolute atomic E-state index is 0.0134. The smallest absolute Gasteiger partial charge is 0.242 e. The summed E-state index contributed by atoms with van der Waals surface area (Å²) in [7, 11) is -3.53. The lowest BCUT2D eigenvalue weighted by Crippen LogP contribution is -2.27. The first kappa shape index (κ1) is 16.0. The molecule has 21 heavy (non-hydrogen) atoms. The number of pyridine rings is 1. The molecule has 1 aromatic rings. The van der Waals surface area contributed by atoms with Gasteiger partial charge < -0.3 is 5.11 Å². The normalized spacial score (nSPS) is 20.7. The summed E-state index contributed by atoms with van der Waals surface area (Å²) in [5, 5.41) is 8.68. The van der Waals surface area contributed by atoms with Crippen LogP contribution in [0.15, 0.2) is 23.4 Å². The van der Waals surface area contributed by atoms with Crippen LogP contribution in [0.1, 0.15) is 38.2 Å². The lowest BCUT2D eigenvalue weighted by molar-refractivity contribution is 0.305. The van der Waals surface area contributed by atoms with E-state index in [2.05, 4.69) is 28.5 Å². The zero-order valence-electron chi connectivity index (χ0n) is 12.0. The van der Waals surface area contributed by atoms with E-state index in [1.807, 2.05) is 0 Å². The molecular formula is C15H20N2O3S. The van der Waals surface area contributed by atoms with E-state index in [0.717, 1.165) is 19.3 Å². The van der Waals surface area contributed by atoms with Crippen molar-refractivity contribution in [3.8, 4) is 11.8 Å². The number of aliphatic hydroxyl groups excluding tert-OH is 1. The van der Waals surface area contributed by atoms with E-state index in [9.17, 15) is 8.42 Å². The van der Waals surface area contributed by atoms with Crippen molar-refractivity contribution in [2.24, 2.45) is 5.92 Å². The number of sulfonamides is 1. The molecule has 1 fully saturated rings. The molecule has 114 valence electrons. The fraction of sp³-hybridized carbons (Fsp3) is 0.533. The van der Waals surface area contributed by atoms with Crippen molar-refractivity contribution in [1.29, 1.82) is 0 Å². The van der Waals surface area contributed by atoms with Gasteiger partial charge in [0.1, 0.15) is 4.90 Å². The minimum atomic E-state index is -3.53. The van der Waals surface area contributed by atoms with Crippen molar-refractivity contribution in [1.82, 2.24) is 9.71 Å². The quantitative estimate of drug-likeness (QED) is 0.776. The van der Waals surface area contributed by atoms with Gasteiger partial charge in [0.05, 0.1) is 6.61 Å². The average Bonchev–Trinajstić information content (AvgIpc) is 3.17. The van der Waals surface area contributed by atoms with Crippen LogP contribution < -0.4 is 4.72 Å². The molecule has 5 nitrogen and oxygen atoms in total. The molecule has 0 aromatic carbocycles. The molecule has 0 saturated heterocycles. The Morgan fingerprint density at radius 3 is 3.00 bits per heavy atom. The van der Waals surface area contributed by atoms with Crippen molar-refractivity contribution >= 4 is 10.0 Å². The maximum atomic E-state index is 12.3. The first-order valence-corrected chi connectivity index (χ1v) is 8.62. The van der Waals surface area contributed by atoms with Crippen LogP contribution >= 0.6 is 0 Å². The molecule has 1 aromatic heterocycles. The molecule has 1 aliphatic carbocycles. The number of nitrogens with one attached hydrogen (secondary N) is 1. The Morgan fingerprint density at radius 1 is 1.48 bits per heavy atom. The molecule has 6 heteroatoms. The summed E-state index contributed by atoms with van der Waals surface area (Å²) in [5.41, 5.74) is 0.534. The van der Waals surface area contributed by atoms with Crippen LogP contribution in [0.4, 0.5) is 0 Å². The first-order chi connectivity index (χ1) is 10.1. The molecule has 0 spiro atoms. The fourth-order valence-corrected chi connectivity index (χ4v) is 3.51. The molecular weight excluding hydrogens is 288 g/mol. The van der Waals surface area contributed by atoms with Gasteiger partial charge in [0.2, 0.25) is 10.0 Å². The fourth-order valence-electron chi connectivity index (χ4n) is 2.20. The zero-order valence-corrected chi connectivity index (χ0v) is 12.9. The van der Waals surface area contributed by atoms with E-state index in [0.29, 0.717) is 17.9 Å². The van der Waals surface area contributed by atoms with E-state index < -0.39 is 10.0 Å². The van der Waals surface area contributed by atoms with E-state index in [1.54, 1.807) is 0 Å². The van der Waals surface area contributed by atoms with Gasteiger partial charge >= 0.3 is 0 Å². The Kier molecular flexibility index (Phi) is 5.34. The summed E-state index contributed by atoms with van der Waals surface area (Å²) < 4.78 is 27.3. The monoisotopic (exact) mass is 308 g/mol. The average molecular weight is 308 g/mol. The minimum Gasteiger partial charge on any atom is -0.395 e. The molecule has 0 amide bonds. The predicted octanol–water partition coefficient (Wildman–Crippen LogP) is 1.28. The van der Waals surface area contributed by atoms with Crippen LogP contribution in [0, 0.1) is 17.8 Å². The second kappa shape index (κ2) is 7.03. The third kappa shape index (κ3) is 4.53. The molecule has 0 bridgehead atoms. The van der Waals surface area contributed by atoms with Crippen LogP contribution in [0.3, 0.4) is 0 Å². The van der Waals surface area contributed by atoms with Crippen LogP contribution in [-0.2, 0) is 10.0 Å². The number of aliphatic hydroxyl groups is 1. The summed E-state index contributed by atoms with van der Waals surface area (Å²) in [4.78, 5) is 4.07. The van der Waals surface area contributed by atoms with Gasteiger partial charge in [0.15, 0.2) is 0 Å². The van der Waals surface area contributed by atoms with E-state index >= 15 is 0 Å². The Balaban J connectivity index is 2.07. The number of hydrogen-bond acceptors (Lipinski definition) is 4. The van der Waals surface area contributed by atoms with Crippen LogP contribution in [0.5, 0.6) is 0 Å². The highest BCUT2D eigenvalue weighted by molar-refractivity contribution is 7.89. The van der Waals surface area contributed by atoms with Crippen molar-refractivity contribution in [3.05, 3.63) is 24.0 Å². The van der Waals surface area contributed by atoms with E-state index in [1.165, 1.54) is 18.5 Å². The van der Waals surface area contributed by atoms with Gasteiger partial charge in [-0.15, -0.1) is 0 Å². The Labute approximate surface area is 125 Å². The maximum absolute atomic E-state index is 12.3. The highest BCUT2D eigenvalue weighted by Gasteiger charge is 2.39. The third-order valence-corrected chi connectivity index (χ3v) is 4.84.